The van der Waals surface area contributed by atoms with Crippen LogP contribution in [0.25, 0.3) is 17.0 Å². The van der Waals surface area contributed by atoms with Crippen molar-refractivity contribution in [2.45, 2.75) is 71.6 Å². The minimum atomic E-state index is -4.45. The number of aromatic nitrogens is 7. The van der Waals surface area contributed by atoms with Gasteiger partial charge in [0, 0.05) is 31.9 Å². The molecule has 0 N–H and O–H groups in total. The van der Waals surface area contributed by atoms with Crippen molar-refractivity contribution in [1.82, 2.24) is 39.0 Å². The van der Waals surface area contributed by atoms with E-state index in [0.717, 1.165) is 49.5 Å². The first-order valence-corrected chi connectivity index (χ1v) is 13.7. The first-order valence-electron chi connectivity index (χ1n) is 13.7. The highest BCUT2D eigenvalue weighted by molar-refractivity contribution is 5.62. The van der Waals surface area contributed by atoms with Crippen LogP contribution in [0.2, 0.25) is 0 Å². The Morgan fingerprint density at radius 1 is 1.10 bits per heavy atom. The van der Waals surface area contributed by atoms with Gasteiger partial charge in [0.1, 0.15) is 17.3 Å². The molecule has 0 bridgehead atoms. The smallest absolute Gasteiger partial charge is 0.336 e. The van der Waals surface area contributed by atoms with Crippen LogP contribution in [0.5, 0.6) is 0 Å². The van der Waals surface area contributed by atoms with Gasteiger partial charge in [0.15, 0.2) is 5.82 Å². The summed E-state index contributed by atoms with van der Waals surface area (Å²) in [6.45, 7) is 6.33. The number of amides is 1. The van der Waals surface area contributed by atoms with Gasteiger partial charge in [0.25, 0.3) is 0 Å². The van der Waals surface area contributed by atoms with E-state index in [9.17, 15) is 18.0 Å². The lowest BCUT2D eigenvalue weighted by Gasteiger charge is -2.27. The second kappa shape index (κ2) is 11.7. The maximum absolute atomic E-state index is 13.2. The van der Waals surface area contributed by atoms with Crippen molar-refractivity contribution in [2.24, 2.45) is 11.8 Å². The Morgan fingerprint density at radius 3 is 2.65 bits per heavy atom. The summed E-state index contributed by atoms with van der Waals surface area (Å²) in [6, 6.07) is 4.15. The number of carbonyl (C=O) groups excluding carboxylic acids is 1. The number of imidazole rings is 1. The summed E-state index contributed by atoms with van der Waals surface area (Å²) in [5, 5.41) is 7.90. The summed E-state index contributed by atoms with van der Waals surface area (Å²) < 4.78 is 43.2. The minimum Gasteiger partial charge on any atom is -0.336 e. The van der Waals surface area contributed by atoms with E-state index in [1.54, 1.807) is 23.4 Å². The fraction of sp³-hybridized carbons (Fsp3) is 0.500. The molecule has 2 aliphatic rings. The molecule has 0 aromatic carbocycles. The Morgan fingerprint density at radius 2 is 1.90 bits per heavy atom. The third kappa shape index (κ3) is 6.00. The molecule has 0 saturated heterocycles. The van der Waals surface area contributed by atoms with Crippen molar-refractivity contribution in [3.8, 4) is 11.4 Å². The lowest BCUT2D eigenvalue weighted by molar-refractivity contribution is -0.136. The molecule has 1 aliphatic heterocycles. The first kappa shape index (κ1) is 27.7. The number of pyridine rings is 1. The van der Waals surface area contributed by atoms with Gasteiger partial charge in [0.2, 0.25) is 6.41 Å². The molecular formula is C28H33F3N8O. The molecule has 5 heterocycles. The van der Waals surface area contributed by atoms with E-state index in [4.69, 9.17) is 0 Å². The molecular weight excluding hydrogens is 521 g/mol. The molecule has 0 radical (unpaired) electrons. The summed E-state index contributed by atoms with van der Waals surface area (Å²) in [7, 11) is 0. The first-order chi connectivity index (χ1) is 19.2. The summed E-state index contributed by atoms with van der Waals surface area (Å²) in [5.41, 5.74) is 0.268. The number of halogens is 3. The number of rotatable bonds is 5. The molecule has 1 aliphatic carbocycles. The topological polar surface area (TPSA) is 94.1 Å². The Labute approximate surface area is 230 Å². The normalized spacial score (nSPS) is 16.8. The zero-order valence-electron chi connectivity index (χ0n) is 22.7. The van der Waals surface area contributed by atoms with Crippen molar-refractivity contribution in [2.75, 3.05) is 6.54 Å². The molecule has 4 aromatic rings. The van der Waals surface area contributed by atoms with Crippen LogP contribution in [0.1, 0.15) is 62.1 Å². The highest BCUT2D eigenvalue weighted by atomic mass is 19.4. The quantitative estimate of drug-likeness (QED) is 0.318. The van der Waals surface area contributed by atoms with E-state index in [1.807, 2.05) is 11.5 Å². The second-order valence-corrected chi connectivity index (χ2v) is 10.6. The van der Waals surface area contributed by atoms with Crippen LogP contribution in [0.3, 0.4) is 0 Å². The van der Waals surface area contributed by atoms with Crippen molar-refractivity contribution in [3.63, 3.8) is 0 Å². The monoisotopic (exact) mass is 554 g/mol. The van der Waals surface area contributed by atoms with E-state index in [-0.39, 0.29) is 5.65 Å². The Hall–Kier alpha value is -3.83. The number of fused-ring (bicyclic) bond motifs is 2. The number of hydrogen-bond acceptors (Lipinski definition) is 6. The van der Waals surface area contributed by atoms with Crippen LogP contribution in [-0.2, 0) is 30.5 Å². The van der Waals surface area contributed by atoms with Gasteiger partial charge in [0.05, 0.1) is 29.7 Å². The molecule has 6 rings (SSSR count). The number of aryl methyl sites for hydroxylation is 1. The third-order valence-corrected chi connectivity index (χ3v) is 7.88. The SMILES string of the molecule is CC(Cc1nccc(-c2cnc3c(C(F)(F)F)cccn23)n1)C1CCCCC1.Cc1nnc2n1CCN(C=O)C2. The number of alkyl halides is 3. The van der Waals surface area contributed by atoms with Gasteiger partial charge in [-0.1, -0.05) is 39.0 Å². The lowest BCUT2D eigenvalue weighted by Crippen LogP contribution is -2.32. The molecule has 1 saturated carbocycles. The van der Waals surface area contributed by atoms with Gasteiger partial charge < -0.3 is 9.47 Å². The Balaban J connectivity index is 0.000000223. The van der Waals surface area contributed by atoms with Crippen molar-refractivity contribution in [1.29, 1.82) is 0 Å². The fourth-order valence-corrected chi connectivity index (χ4v) is 5.63. The molecule has 212 valence electrons. The van der Waals surface area contributed by atoms with Crippen molar-refractivity contribution < 1.29 is 18.0 Å². The van der Waals surface area contributed by atoms with Crippen LogP contribution in [-0.4, -0.2) is 52.0 Å². The van der Waals surface area contributed by atoms with Crippen LogP contribution < -0.4 is 0 Å². The standard InChI is InChI=1S/C21H23F3N4.C7H10N4O/c1-14(15-6-3-2-4-7-15)12-19-25-10-9-17(27-19)18-13-26-20-16(21(22,23)24)8-5-11-28(18)20;1-6-8-9-7-4-10(5-12)2-3-11(6)7/h5,8-11,13-15H,2-4,6-7,12H2,1H3;5H,2-4H2,1H3. The summed E-state index contributed by atoms with van der Waals surface area (Å²) in [5.74, 6) is 3.74. The van der Waals surface area contributed by atoms with Gasteiger partial charge in [-0.05, 0) is 37.0 Å². The molecule has 1 unspecified atom stereocenters. The predicted octanol–water partition coefficient (Wildman–Crippen LogP) is 5.13. The number of carbonyl (C=O) groups is 1. The average Bonchev–Trinajstić information content (AvgIpc) is 3.56. The average molecular weight is 555 g/mol. The maximum Gasteiger partial charge on any atom is 0.419 e. The fourth-order valence-electron chi connectivity index (χ4n) is 5.63. The summed E-state index contributed by atoms with van der Waals surface area (Å²) in [6.07, 6.45) is 8.32. The predicted molar refractivity (Wildman–Crippen MR) is 142 cm³/mol. The van der Waals surface area contributed by atoms with Gasteiger partial charge in [-0.2, -0.15) is 13.2 Å². The minimum absolute atomic E-state index is 0.110. The molecule has 12 heteroatoms. The van der Waals surface area contributed by atoms with Crippen LogP contribution in [0, 0.1) is 18.8 Å². The number of nitrogens with zero attached hydrogens (tertiary/aromatic N) is 8. The van der Waals surface area contributed by atoms with Gasteiger partial charge >= 0.3 is 6.18 Å². The van der Waals surface area contributed by atoms with Gasteiger partial charge in [-0.3, -0.25) is 9.20 Å². The Bertz CT molecular complexity index is 1460. The lowest BCUT2D eigenvalue weighted by atomic mass is 9.79. The van der Waals surface area contributed by atoms with Crippen molar-refractivity contribution in [3.05, 3.63) is 59.8 Å². The van der Waals surface area contributed by atoms with E-state index in [1.165, 1.54) is 48.8 Å². The van der Waals surface area contributed by atoms with Gasteiger partial charge in [-0.25, -0.2) is 15.0 Å². The largest absolute Gasteiger partial charge is 0.419 e. The molecule has 0 spiro atoms. The van der Waals surface area contributed by atoms with E-state index in [0.29, 0.717) is 29.8 Å². The van der Waals surface area contributed by atoms with Crippen LogP contribution in [0.15, 0.2) is 36.8 Å². The molecule has 1 atom stereocenters. The van der Waals surface area contributed by atoms with Crippen molar-refractivity contribution >= 4 is 12.1 Å². The zero-order valence-corrected chi connectivity index (χ0v) is 22.7. The molecule has 9 nitrogen and oxygen atoms in total. The third-order valence-electron chi connectivity index (χ3n) is 7.88. The highest BCUT2D eigenvalue weighted by Crippen LogP contribution is 2.34. The van der Waals surface area contributed by atoms with Crippen LogP contribution >= 0.6 is 0 Å². The molecule has 1 amide bonds. The second-order valence-electron chi connectivity index (χ2n) is 10.6. The van der Waals surface area contributed by atoms with E-state index < -0.39 is 11.7 Å². The van der Waals surface area contributed by atoms with E-state index >= 15 is 0 Å². The highest BCUT2D eigenvalue weighted by Gasteiger charge is 2.34. The molecule has 1 fully saturated rings. The number of hydrogen-bond donors (Lipinski definition) is 0. The van der Waals surface area contributed by atoms with Crippen LogP contribution in [0.4, 0.5) is 13.2 Å². The summed E-state index contributed by atoms with van der Waals surface area (Å²) in [4.78, 5) is 25.2. The molecule has 4 aromatic heterocycles. The maximum atomic E-state index is 13.2. The zero-order chi connectivity index (χ0) is 28.3. The molecule has 40 heavy (non-hydrogen) atoms. The van der Waals surface area contributed by atoms with E-state index in [2.05, 4.69) is 32.1 Å². The van der Waals surface area contributed by atoms with Gasteiger partial charge in [-0.15, -0.1) is 10.2 Å². The Kier molecular flexibility index (Phi) is 8.13. The summed E-state index contributed by atoms with van der Waals surface area (Å²) >= 11 is 0.